The fourth-order valence-corrected chi connectivity index (χ4v) is 3.73. The van der Waals surface area contributed by atoms with Gasteiger partial charge in [-0.1, -0.05) is 31.9 Å². The van der Waals surface area contributed by atoms with Crippen LogP contribution in [0.1, 0.15) is 18.4 Å². The predicted octanol–water partition coefficient (Wildman–Crippen LogP) is 4.19. The zero-order valence-corrected chi connectivity index (χ0v) is 13.0. The lowest BCUT2D eigenvalue weighted by molar-refractivity contribution is 0.206. The van der Waals surface area contributed by atoms with E-state index in [1.807, 2.05) is 6.07 Å². The summed E-state index contributed by atoms with van der Waals surface area (Å²) >= 11 is 6.97. The van der Waals surface area contributed by atoms with Crippen molar-refractivity contribution in [1.82, 2.24) is 4.90 Å². The molecule has 0 bridgehead atoms. The molecule has 1 nitrogen and oxygen atoms in total. The molecule has 2 rings (SSSR count). The van der Waals surface area contributed by atoms with Crippen molar-refractivity contribution in [3.63, 3.8) is 0 Å². The summed E-state index contributed by atoms with van der Waals surface area (Å²) in [6.45, 7) is 1.72. The number of halogens is 3. The molecule has 1 aliphatic rings. The third kappa shape index (κ3) is 3.76. The Morgan fingerprint density at radius 1 is 1.41 bits per heavy atom. The highest BCUT2D eigenvalue weighted by molar-refractivity contribution is 9.10. The van der Waals surface area contributed by atoms with E-state index >= 15 is 0 Å². The molecule has 0 aromatic heterocycles. The van der Waals surface area contributed by atoms with Gasteiger partial charge in [-0.05, 0) is 44.0 Å². The first kappa shape index (κ1) is 13.5. The Morgan fingerprint density at radius 3 is 2.76 bits per heavy atom. The van der Waals surface area contributed by atoms with E-state index in [0.717, 1.165) is 22.5 Å². The maximum atomic E-state index is 13.6. The molecule has 0 saturated heterocycles. The van der Waals surface area contributed by atoms with Gasteiger partial charge in [0.15, 0.2) is 0 Å². The second-order valence-electron chi connectivity index (χ2n) is 4.87. The van der Waals surface area contributed by atoms with Crippen LogP contribution in [0.5, 0.6) is 0 Å². The topological polar surface area (TPSA) is 3.24 Å². The summed E-state index contributed by atoms with van der Waals surface area (Å²) in [7, 11) is 2.06. The smallest absolute Gasteiger partial charge is 0.127 e. The van der Waals surface area contributed by atoms with Gasteiger partial charge in [0.05, 0.1) is 0 Å². The molecule has 0 radical (unpaired) electrons. The van der Waals surface area contributed by atoms with Gasteiger partial charge in [-0.3, -0.25) is 0 Å². The molecule has 0 spiro atoms. The van der Waals surface area contributed by atoms with Crippen LogP contribution in [-0.4, -0.2) is 23.3 Å². The van der Waals surface area contributed by atoms with Gasteiger partial charge in [-0.25, -0.2) is 4.39 Å². The Balaban J connectivity index is 1.89. The Hall–Kier alpha value is 0.0700. The lowest BCUT2D eigenvalue weighted by atomic mass is 9.85. The molecular formula is C13H16Br2FN. The minimum absolute atomic E-state index is 0.118. The molecule has 0 heterocycles. The van der Waals surface area contributed by atoms with Crippen LogP contribution in [0.15, 0.2) is 22.7 Å². The van der Waals surface area contributed by atoms with Crippen LogP contribution >= 0.6 is 31.9 Å². The van der Waals surface area contributed by atoms with E-state index in [1.54, 1.807) is 6.07 Å². The zero-order valence-electron chi connectivity index (χ0n) is 9.80. The summed E-state index contributed by atoms with van der Waals surface area (Å²) in [5, 5.41) is 0. The normalized spacial score (nSPS) is 23.8. The van der Waals surface area contributed by atoms with Crippen molar-refractivity contribution in [3.05, 3.63) is 34.1 Å². The average molecular weight is 365 g/mol. The SMILES string of the molecule is CN(Cc1cc(Br)ccc1F)CC1CC(Br)C1. The summed E-state index contributed by atoms with van der Waals surface area (Å²) in [6, 6.07) is 5.12. The van der Waals surface area contributed by atoms with Crippen molar-refractivity contribution < 1.29 is 4.39 Å². The van der Waals surface area contributed by atoms with Gasteiger partial charge in [-0.2, -0.15) is 0 Å². The van der Waals surface area contributed by atoms with Gasteiger partial charge >= 0.3 is 0 Å². The third-order valence-corrected chi connectivity index (χ3v) is 4.44. The number of alkyl halides is 1. The van der Waals surface area contributed by atoms with Crippen molar-refractivity contribution in [2.45, 2.75) is 24.2 Å². The van der Waals surface area contributed by atoms with Gasteiger partial charge < -0.3 is 4.90 Å². The van der Waals surface area contributed by atoms with Gasteiger partial charge in [0.2, 0.25) is 0 Å². The van der Waals surface area contributed by atoms with Crippen molar-refractivity contribution in [2.24, 2.45) is 5.92 Å². The van der Waals surface area contributed by atoms with Crippen molar-refractivity contribution >= 4 is 31.9 Å². The van der Waals surface area contributed by atoms with Gasteiger partial charge in [0.1, 0.15) is 5.82 Å². The minimum Gasteiger partial charge on any atom is -0.302 e. The molecule has 1 saturated carbocycles. The Morgan fingerprint density at radius 2 is 2.12 bits per heavy atom. The monoisotopic (exact) mass is 363 g/mol. The van der Waals surface area contributed by atoms with Gasteiger partial charge in [0.25, 0.3) is 0 Å². The first-order valence-corrected chi connectivity index (χ1v) is 7.52. The lowest BCUT2D eigenvalue weighted by Crippen LogP contribution is -2.34. The Kier molecular flexibility index (Phi) is 4.61. The second-order valence-corrected chi connectivity index (χ2v) is 7.08. The molecule has 1 aromatic carbocycles. The highest BCUT2D eigenvalue weighted by atomic mass is 79.9. The Labute approximate surface area is 119 Å². The molecule has 1 fully saturated rings. The highest BCUT2D eigenvalue weighted by Crippen LogP contribution is 2.33. The van der Waals surface area contributed by atoms with Crippen molar-refractivity contribution in [2.75, 3.05) is 13.6 Å². The zero-order chi connectivity index (χ0) is 12.4. The first-order chi connectivity index (χ1) is 8.04. The number of benzene rings is 1. The molecule has 0 aliphatic heterocycles. The van der Waals surface area contributed by atoms with E-state index in [9.17, 15) is 4.39 Å². The number of nitrogens with zero attached hydrogens (tertiary/aromatic N) is 1. The van der Waals surface area contributed by atoms with Crippen LogP contribution in [0, 0.1) is 11.7 Å². The number of rotatable bonds is 4. The van der Waals surface area contributed by atoms with Gasteiger partial charge in [0, 0.05) is 28.0 Å². The predicted molar refractivity (Wildman–Crippen MR) is 75.9 cm³/mol. The van der Waals surface area contributed by atoms with E-state index in [2.05, 4.69) is 43.8 Å². The minimum atomic E-state index is -0.118. The fraction of sp³-hybridized carbons (Fsp3) is 0.538. The van der Waals surface area contributed by atoms with E-state index < -0.39 is 0 Å². The standard InChI is InChI=1S/C13H16Br2FN/c1-17(7-9-4-12(15)5-9)8-10-6-11(14)2-3-13(10)16/h2-3,6,9,12H,4-5,7-8H2,1H3. The van der Waals surface area contributed by atoms with E-state index in [1.165, 1.54) is 18.9 Å². The Bertz CT molecular complexity index is 391. The number of hydrogen-bond donors (Lipinski definition) is 0. The van der Waals surface area contributed by atoms with Crippen LogP contribution < -0.4 is 0 Å². The summed E-state index contributed by atoms with van der Waals surface area (Å²) in [4.78, 5) is 2.90. The van der Waals surface area contributed by atoms with Crippen molar-refractivity contribution in [3.8, 4) is 0 Å². The van der Waals surface area contributed by atoms with Crippen LogP contribution in [0.3, 0.4) is 0 Å². The summed E-state index contributed by atoms with van der Waals surface area (Å²) < 4.78 is 14.5. The highest BCUT2D eigenvalue weighted by Gasteiger charge is 2.27. The largest absolute Gasteiger partial charge is 0.302 e. The molecule has 1 aromatic rings. The molecule has 0 unspecified atom stereocenters. The van der Waals surface area contributed by atoms with E-state index in [4.69, 9.17) is 0 Å². The molecule has 1 aliphatic carbocycles. The maximum Gasteiger partial charge on any atom is 0.127 e. The first-order valence-electron chi connectivity index (χ1n) is 5.81. The summed E-state index contributed by atoms with van der Waals surface area (Å²) in [5.74, 6) is 0.645. The van der Waals surface area contributed by atoms with Crippen LogP contribution in [0.4, 0.5) is 4.39 Å². The third-order valence-electron chi connectivity index (χ3n) is 3.20. The average Bonchev–Trinajstić information content (AvgIpc) is 2.21. The van der Waals surface area contributed by atoms with Gasteiger partial charge in [-0.15, -0.1) is 0 Å². The fourth-order valence-electron chi connectivity index (χ4n) is 2.26. The molecule has 0 N–H and O–H groups in total. The number of hydrogen-bond acceptors (Lipinski definition) is 1. The molecule has 0 amide bonds. The van der Waals surface area contributed by atoms with Crippen LogP contribution in [0.2, 0.25) is 0 Å². The molecule has 4 heteroatoms. The molecule has 17 heavy (non-hydrogen) atoms. The summed E-state index contributed by atoms with van der Waals surface area (Å²) in [6.07, 6.45) is 2.48. The second kappa shape index (κ2) is 5.81. The summed E-state index contributed by atoms with van der Waals surface area (Å²) in [5.41, 5.74) is 0.761. The lowest BCUT2D eigenvalue weighted by Gasteiger charge is -2.34. The molecule has 0 atom stereocenters. The van der Waals surface area contributed by atoms with Crippen molar-refractivity contribution in [1.29, 1.82) is 0 Å². The van der Waals surface area contributed by atoms with Crippen LogP contribution in [-0.2, 0) is 6.54 Å². The van der Waals surface area contributed by atoms with E-state index in [-0.39, 0.29) is 5.82 Å². The quantitative estimate of drug-likeness (QED) is 0.724. The molecular weight excluding hydrogens is 349 g/mol. The maximum absolute atomic E-state index is 13.6. The van der Waals surface area contributed by atoms with E-state index in [0.29, 0.717) is 11.4 Å². The molecule has 94 valence electrons. The van der Waals surface area contributed by atoms with Crippen LogP contribution in [0.25, 0.3) is 0 Å².